The molecule has 2 aromatic carbocycles. The van der Waals surface area contributed by atoms with Gasteiger partial charge in [0.05, 0.1) is 0 Å². The van der Waals surface area contributed by atoms with E-state index in [0.29, 0.717) is 11.3 Å². The van der Waals surface area contributed by atoms with Gasteiger partial charge in [-0.1, -0.05) is 24.3 Å². The van der Waals surface area contributed by atoms with Gasteiger partial charge in [0.2, 0.25) is 0 Å². The molecule has 0 amide bonds. The van der Waals surface area contributed by atoms with Crippen LogP contribution in [0.5, 0.6) is 17.2 Å². The van der Waals surface area contributed by atoms with E-state index in [9.17, 15) is 15.0 Å². The first-order chi connectivity index (χ1) is 13.0. The number of aliphatic carboxylic acids is 2. The molecule has 0 saturated heterocycles. The molecule has 2 aromatic rings. The molecule has 0 aliphatic heterocycles. The highest BCUT2D eigenvalue weighted by atomic mass is 16.5. The number of hydrogen-bond acceptors (Lipinski definition) is 6. The second-order valence-corrected chi connectivity index (χ2v) is 5.32. The van der Waals surface area contributed by atoms with Gasteiger partial charge >= 0.3 is 5.97 Å². The zero-order valence-electron chi connectivity index (χ0n) is 15.6. The summed E-state index contributed by atoms with van der Waals surface area (Å²) < 4.78 is 4.93. The van der Waals surface area contributed by atoms with E-state index in [1.54, 1.807) is 42.5 Å². The van der Waals surface area contributed by atoms with Crippen molar-refractivity contribution in [1.29, 1.82) is 0 Å². The minimum atomic E-state index is -0.833. The lowest BCUT2D eigenvalue weighted by atomic mass is 10.1. The largest absolute Gasteiger partial charge is 0.508 e. The third-order valence-corrected chi connectivity index (χ3v) is 2.53. The molecule has 28 heavy (non-hydrogen) atoms. The number of aromatic hydroxyl groups is 2. The van der Waals surface area contributed by atoms with Crippen molar-refractivity contribution < 1.29 is 39.5 Å². The number of ether oxygens (including phenoxy) is 1. The van der Waals surface area contributed by atoms with E-state index >= 15 is 0 Å². The standard InChI is InChI=1S/C16H14O4.2C2H4O2/c1-11(17)20-16-6-4-12(5-7-16)2-3-13-8-14(18)10-15(19)9-13;2*1-2(3)4/h2-10,18-19H,1H3;2*1H3,(H,3,4). The molecular weight excluding hydrogens is 368 g/mol. The first-order valence-corrected chi connectivity index (χ1v) is 7.88. The van der Waals surface area contributed by atoms with Crippen LogP contribution < -0.4 is 4.74 Å². The summed E-state index contributed by atoms with van der Waals surface area (Å²) in [6.07, 6.45) is 3.59. The topological polar surface area (TPSA) is 141 Å². The van der Waals surface area contributed by atoms with E-state index in [2.05, 4.69) is 0 Å². The van der Waals surface area contributed by atoms with Crippen LogP contribution in [0.1, 0.15) is 31.9 Å². The van der Waals surface area contributed by atoms with Gasteiger partial charge in [-0.2, -0.15) is 0 Å². The van der Waals surface area contributed by atoms with Gasteiger partial charge in [0.15, 0.2) is 0 Å². The Hall–Kier alpha value is -3.81. The number of rotatable bonds is 3. The van der Waals surface area contributed by atoms with Crippen molar-refractivity contribution in [1.82, 2.24) is 0 Å². The van der Waals surface area contributed by atoms with E-state index in [-0.39, 0.29) is 17.5 Å². The molecule has 0 aliphatic carbocycles. The lowest BCUT2D eigenvalue weighted by molar-refractivity contribution is -0.135. The first kappa shape index (κ1) is 24.2. The molecule has 0 aromatic heterocycles. The number of benzene rings is 2. The van der Waals surface area contributed by atoms with E-state index in [0.717, 1.165) is 19.4 Å². The summed E-state index contributed by atoms with van der Waals surface area (Å²) >= 11 is 0. The molecule has 0 fully saturated rings. The Bertz CT molecular complexity index is 782. The van der Waals surface area contributed by atoms with Crippen LogP contribution in [0.15, 0.2) is 42.5 Å². The number of esters is 1. The second kappa shape index (κ2) is 12.5. The minimum Gasteiger partial charge on any atom is -0.508 e. The van der Waals surface area contributed by atoms with Crippen LogP contribution in [0, 0.1) is 0 Å². The molecule has 150 valence electrons. The summed E-state index contributed by atoms with van der Waals surface area (Å²) in [5.41, 5.74) is 1.59. The van der Waals surface area contributed by atoms with Gasteiger partial charge in [-0.05, 0) is 35.4 Å². The number of phenols is 2. The maximum absolute atomic E-state index is 10.8. The Balaban J connectivity index is 0.000000776. The summed E-state index contributed by atoms with van der Waals surface area (Å²) in [6.45, 7) is 3.52. The zero-order valence-corrected chi connectivity index (χ0v) is 15.6. The molecule has 0 saturated carbocycles. The Labute approximate surface area is 162 Å². The highest BCUT2D eigenvalue weighted by Crippen LogP contribution is 2.22. The smallest absolute Gasteiger partial charge is 0.308 e. The average molecular weight is 390 g/mol. The van der Waals surface area contributed by atoms with Crippen LogP contribution >= 0.6 is 0 Å². The van der Waals surface area contributed by atoms with Crippen molar-refractivity contribution in [2.75, 3.05) is 0 Å². The van der Waals surface area contributed by atoms with Crippen molar-refractivity contribution in [3.05, 3.63) is 53.6 Å². The number of carbonyl (C=O) groups excluding carboxylic acids is 1. The van der Waals surface area contributed by atoms with Crippen LogP contribution in [0.2, 0.25) is 0 Å². The number of carboxylic acid groups (broad SMARTS) is 2. The van der Waals surface area contributed by atoms with Crippen molar-refractivity contribution in [3.63, 3.8) is 0 Å². The van der Waals surface area contributed by atoms with E-state index in [4.69, 9.17) is 24.5 Å². The highest BCUT2D eigenvalue weighted by Gasteiger charge is 1.98. The van der Waals surface area contributed by atoms with Crippen molar-refractivity contribution in [2.45, 2.75) is 20.8 Å². The lowest BCUT2D eigenvalue weighted by Crippen LogP contribution is -2.00. The van der Waals surface area contributed by atoms with E-state index in [1.165, 1.54) is 13.0 Å². The van der Waals surface area contributed by atoms with E-state index in [1.807, 2.05) is 6.08 Å². The van der Waals surface area contributed by atoms with E-state index < -0.39 is 11.9 Å². The number of phenolic OH excluding ortho intramolecular Hbond substituents is 2. The molecule has 0 radical (unpaired) electrons. The van der Waals surface area contributed by atoms with Crippen LogP contribution in [0.4, 0.5) is 0 Å². The molecule has 8 nitrogen and oxygen atoms in total. The number of hydrogen-bond donors (Lipinski definition) is 4. The van der Waals surface area contributed by atoms with Crippen LogP contribution in [-0.2, 0) is 14.4 Å². The molecule has 4 N–H and O–H groups in total. The molecule has 0 bridgehead atoms. The first-order valence-electron chi connectivity index (χ1n) is 7.88. The molecule has 0 atom stereocenters. The summed E-state index contributed by atoms with van der Waals surface area (Å²) in [7, 11) is 0. The molecule has 8 heteroatoms. The third-order valence-electron chi connectivity index (χ3n) is 2.53. The van der Waals surface area contributed by atoms with Gasteiger partial charge < -0.3 is 25.2 Å². The van der Waals surface area contributed by atoms with Crippen LogP contribution in [0.25, 0.3) is 12.2 Å². The molecular formula is C20H22O8. The SMILES string of the molecule is CC(=O)O.CC(=O)O.CC(=O)Oc1ccc(C=Cc2cc(O)cc(O)c2)cc1. The molecule has 0 unspecified atom stereocenters. The van der Waals surface area contributed by atoms with Crippen molar-refractivity contribution in [2.24, 2.45) is 0 Å². The van der Waals surface area contributed by atoms with Gasteiger partial charge in [0.25, 0.3) is 11.9 Å². The van der Waals surface area contributed by atoms with Crippen molar-refractivity contribution in [3.8, 4) is 17.2 Å². The fraction of sp³-hybridized carbons (Fsp3) is 0.150. The molecule has 0 aliphatic rings. The minimum absolute atomic E-state index is 0.00913. The van der Waals surface area contributed by atoms with Gasteiger partial charge in [0, 0.05) is 26.8 Å². The second-order valence-electron chi connectivity index (χ2n) is 5.32. The fourth-order valence-electron chi connectivity index (χ4n) is 1.72. The zero-order chi connectivity index (χ0) is 21.7. The number of carbonyl (C=O) groups is 3. The summed E-state index contributed by atoms with van der Waals surface area (Å²) in [4.78, 5) is 28.8. The molecule has 2 rings (SSSR count). The highest BCUT2D eigenvalue weighted by molar-refractivity contribution is 5.72. The van der Waals surface area contributed by atoms with Crippen LogP contribution in [-0.4, -0.2) is 38.3 Å². The predicted molar refractivity (Wildman–Crippen MR) is 103 cm³/mol. The monoisotopic (exact) mass is 390 g/mol. The van der Waals surface area contributed by atoms with Crippen molar-refractivity contribution >= 4 is 30.1 Å². The maximum Gasteiger partial charge on any atom is 0.308 e. The summed E-state index contributed by atoms with van der Waals surface area (Å²) in [5, 5.41) is 33.6. The summed E-state index contributed by atoms with van der Waals surface area (Å²) in [6, 6.07) is 11.4. The Morgan fingerprint density at radius 3 is 1.54 bits per heavy atom. The van der Waals surface area contributed by atoms with Gasteiger partial charge in [-0.25, -0.2) is 0 Å². The van der Waals surface area contributed by atoms with Crippen LogP contribution in [0.3, 0.4) is 0 Å². The Morgan fingerprint density at radius 1 is 0.750 bits per heavy atom. The average Bonchev–Trinajstić information content (AvgIpc) is 2.52. The lowest BCUT2D eigenvalue weighted by Gasteiger charge is -2.01. The maximum atomic E-state index is 10.8. The molecule has 0 heterocycles. The molecule has 0 spiro atoms. The van der Waals surface area contributed by atoms with Gasteiger partial charge in [-0.3, -0.25) is 14.4 Å². The summed E-state index contributed by atoms with van der Waals surface area (Å²) in [5.74, 6) is -1.52. The fourth-order valence-corrected chi connectivity index (χ4v) is 1.72. The predicted octanol–water partition coefficient (Wildman–Crippen LogP) is 3.38. The van der Waals surface area contributed by atoms with Gasteiger partial charge in [-0.15, -0.1) is 0 Å². The Morgan fingerprint density at radius 2 is 1.14 bits per heavy atom. The normalized spacial score (nSPS) is 9.39. The van der Waals surface area contributed by atoms with Gasteiger partial charge in [0.1, 0.15) is 17.2 Å². The quantitative estimate of drug-likeness (QED) is 0.355. The Kier molecular flexibility index (Phi) is 10.8. The number of carboxylic acids is 2. The third kappa shape index (κ3) is 13.5.